The van der Waals surface area contributed by atoms with Crippen LogP contribution >= 0.6 is 15.9 Å². The molecule has 2 nitrogen and oxygen atoms in total. The van der Waals surface area contributed by atoms with Gasteiger partial charge < -0.3 is 10.1 Å². The molecule has 1 saturated carbocycles. The molecule has 0 aromatic heterocycles. The summed E-state index contributed by atoms with van der Waals surface area (Å²) in [6, 6.07) is 8.07. The average Bonchev–Trinajstić information content (AvgIpc) is 2.70. The van der Waals surface area contributed by atoms with Gasteiger partial charge >= 0.3 is 0 Å². The Labute approximate surface area is 106 Å². The molecular formula is C13H18BrNO. The van der Waals surface area contributed by atoms with Gasteiger partial charge in [-0.1, -0.05) is 12.1 Å². The molecule has 2 unspecified atom stereocenters. The van der Waals surface area contributed by atoms with Gasteiger partial charge in [-0.15, -0.1) is 0 Å². The lowest BCUT2D eigenvalue weighted by Gasteiger charge is -2.15. The van der Waals surface area contributed by atoms with Crippen LogP contribution in [0.1, 0.15) is 19.3 Å². The van der Waals surface area contributed by atoms with E-state index in [1.807, 2.05) is 31.3 Å². The van der Waals surface area contributed by atoms with E-state index in [1.54, 1.807) is 0 Å². The molecule has 1 aliphatic carbocycles. The van der Waals surface area contributed by atoms with Crippen LogP contribution in [0.5, 0.6) is 5.75 Å². The molecular weight excluding hydrogens is 266 g/mol. The van der Waals surface area contributed by atoms with Crippen LogP contribution in [0.15, 0.2) is 28.7 Å². The van der Waals surface area contributed by atoms with E-state index in [2.05, 4.69) is 21.2 Å². The third-order valence-corrected chi connectivity index (χ3v) is 3.77. The lowest BCUT2D eigenvalue weighted by Crippen LogP contribution is -2.18. The first kappa shape index (κ1) is 11.9. The third-order valence-electron chi connectivity index (χ3n) is 3.12. The van der Waals surface area contributed by atoms with Crippen LogP contribution in [0, 0.1) is 5.92 Å². The summed E-state index contributed by atoms with van der Waals surface area (Å²) in [5, 5.41) is 3.24. The molecule has 0 bridgehead atoms. The van der Waals surface area contributed by atoms with E-state index in [1.165, 1.54) is 19.3 Å². The number of ether oxygens (including phenoxy) is 1. The van der Waals surface area contributed by atoms with E-state index in [9.17, 15) is 0 Å². The van der Waals surface area contributed by atoms with Gasteiger partial charge in [-0.2, -0.15) is 0 Å². The van der Waals surface area contributed by atoms with Crippen LogP contribution in [0.25, 0.3) is 0 Å². The number of rotatable bonds is 4. The van der Waals surface area contributed by atoms with E-state index < -0.39 is 0 Å². The van der Waals surface area contributed by atoms with Crippen LogP contribution in [0.4, 0.5) is 0 Å². The molecule has 2 atom stereocenters. The van der Waals surface area contributed by atoms with Crippen molar-refractivity contribution in [3.8, 4) is 5.75 Å². The predicted octanol–water partition coefficient (Wildman–Crippen LogP) is 3.22. The highest BCUT2D eigenvalue weighted by Crippen LogP contribution is 2.31. The molecule has 0 amide bonds. The number of hydrogen-bond donors (Lipinski definition) is 1. The number of hydrogen-bond acceptors (Lipinski definition) is 2. The van der Waals surface area contributed by atoms with Crippen molar-refractivity contribution in [3.63, 3.8) is 0 Å². The van der Waals surface area contributed by atoms with E-state index in [0.29, 0.717) is 6.10 Å². The minimum atomic E-state index is 0.386. The Kier molecular flexibility index (Phi) is 4.24. The molecule has 3 heteroatoms. The molecule has 0 radical (unpaired) electrons. The smallest absolute Gasteiger partial charge is 0.133 e. The second-order valence-corrected chi connectivity index (χ2v) is 5.26. The Bertz CT molecular complexity index is 342. The van der Waals surface area contributed by atoms with Gasteiger partial charge in [0.25, 0.3) is 0 Å². The van der Waals surface area contributed by atoms with E-state index in [0.717, 1.165) is 22.7 Å². The molecule has 1 aromatic rings. The second kappa shape index (κ2) is 5.69. The molecule has 1 aliphatic rings. The van der Waals surface area contributed by atoms with Gasteiger partial charge in [-0.3, -0.25) is 0 Å². The van der Waals surface area contributed by atoms with Gasteiger partial charge in [-0.25, -0.2) is 0 Å². The normalized spacial score (nSPS) is 24.6. The molecule has 2 rings (SSSR count). The largest absolute Gasteiger partial charge is 0.489 e. The number of nitrogens with one attached hydrogen (secondary N) is 1. The van der Waals surface area contributed by atoms with Gasteiger partial charge in [0.05, 0.1) is 10.6 Å². The van der Waals surface area contributed by atoms with Crippen LogP contribution in [-0.2, 0) is 0 Å². The van der Waals surface area contributed by atoms with E-state index >= 15 is 0 Å². The first-order valence-electron chi connectivity index (χ1n) is 5.85. The summed E-state index contributed by atoms with van der Waals surface area (Å²) in [5.74, 6) is 1.75. The van der Waals surface area contributed by atoms with Crippen molar-refractivity contribution in [2.75, 3.05) is 13.6 Å². The maximum Gasteiger partial charge on any atom is 0.133 e. The zero-order valence-electron chi connectivity index (χ0n) is 9.58. The first-order chi connectivity index (χ1) is 7.79. The van der Waals surface area contributed by atoms with Gasteiger partial charge in [-0.05, 0) is 66.8 Å². The van der Waals surface area contributed by atoms with Crippen LogP contribution in [0.3, 0.4) is 0 Å². The summed E-state index contributed by atoms with van der Waals surface area (Å²) in [7, 11) is 2.02. The molecule has 0 aliphatic heterocycles. The molecule has 1 aromatic carbocycles. The van der Waals surface area contributed by atoms with Crippen molar-refractivity contribution in [1.29, 1.82) is 0 Å². The molecule has 16 heavy (non-hydrogen) atoms. The van der Waals surface area contributed by atoms with Gasteiger partial charge in [0.2, 0.25) is 0 Å². The topological polar surface area (TPSA) is 21.3 Å². The maximum atomic E-state index is 6.01. The lowest BCUT2D eigenvalue weighted by atomic mass is 10.1. The molecule has 0 heterocycles. The molecule has 1 N–H and O–H groups in total. The van der Waals surface area contributed by atoms with Crippen molar-refractivity contribution in [1.82, 2.24) is 5.32 Å². The highest BCUT2D eigenvalue weighted by Gasteiger charge is 2.25. The highest BCUT2D eigenvalue weighted by atomic mass is 79.9. The SMILES string of the molecule is CNCC1CCC(Oc2ccccc2Br)C1. The summed E-state index contributed by atoms with van der Waals surface area (Å²) < 4.78 is 7.06. The first-order valence-corrected chi connectivity index (χ1v) is 6.64. The average molecular weight is 284 g/mol. The van der Waals surface area contributed by atoms with E-state index in [-0.39, 0.29) is 0 Å². The fourth-order valence-corrected chi connectivity index (χ4v) is 2.71. The zero-order chi connectivity index (χ0) is 11.4. The second-order valence-electron chi connectivity index (χ2n) is 4.41. The highest BCUT2D eigenvalue weighted by molar-refractivity contribution is 9.10. The van der Waals surface area contributed by atoms with Crippen molar-refractivity contribution >= 4 is 15.9 Å². The standard InChI is InChI=1S/C13H18BrNO/c1-15-9-10-6-7-11(8-10)16-13-5-3-2-4-12(13)14/h2-5,10-11,15H,6-9H2,1H3. The third kappa shape index (κ3) is 2.98. The van der Waals surface area contributed by atoms with E-state index in [4.69, 9.17) is 4.74 Å². The van der Waals surface area contributed by atoms with Gasteiger partial charge in [0, 0.05) is 0 Å². The van der Waals surface area contributed by atoms with Crippen LogP contribution in [-0.4, -0.2) is 19.7 Å². The molecule has 1 fully saturated rings. The van der Waals surface area contributed by atoms with Crippen LogP contribution in [0.2, 0.25) is 0 Å². The lowest BCUT2D eigenvalue weighted by molar-refractivity contribution is 0.202. The van der Waals surface area contributed by atoms with Crippen molar-refractivity contribution in [3.05, 3.63) is 28.7 Å². The van der Waals surface area contributed by atoms with Gasteiger partial charge in [0.15, 0.2) is 0 Å². The van der Waals surface area contributed by atoms with Crippen molar-refractivity contribution in [2.24, 2.45) is 5.92 Å². The van der Waals surface area contributed by atoms with Crippen LogP contribution < -0.4 is 10.1 Å². The monoisotopic (exact) mass is 283 g/mol. The van der Waals surface area contributed by atoms with Crippen molar-refractivity contribution in [2.45, 2.75) is 25.4 Å². The Hall–Kier alpha value is -0.540. The summed E-state index contributed by atoms with van der Waals surface area (Å²) in [6.07, 6.45) is 4.00. The summed E-state index contributed by atoms with van der Waals surface area (Å²) in [5.41, 5.74) is 0. The fraction of sp³-hybridized carbons (Fsp3) is 0.538. The summed E-state index contributed by atoms with van der Waals surface area (Å²) in [6.45, 7) is 1.11. The number of halogens is 1. The molecule has 88 valence electrons. The zero-order valence-corrected chi connectivity index (χ0v) is 11.2. The predicted molar refractivity (Wildman–Crippen MR) is 69.8 cm³/mol. The summed E-state index contributed by atoms with van der Waals surface area (Å²) >= 11 is 3.51. The number of para-hydroxylation sites is 1. The summed E-state index contributed by atoms with van der Waals surface area (Å²) in [4.78, 5) is 0. The van der Waals surface area contributed by atoms with Crippen molar-refractivity contribution < 1.29 is 4.74 Å². The quantitative estimate of drug-likeness (QED) is 0.916. The Morgan fingerprint density at radius 1 is 1.38 bits per heavy atom. The fourth-order valence-electron chi connectivity index (χ4n) is 2.33. The Morgan fingerprint density at radius 2 is 2.19 bits per heavy atom. The minimum Gasteiger partial charge on any atom is -0.489 e. The Morgan fingerprint density at radius 3 is 2.94 bits per heavy atom. The molecule has 0 spiro atoms. The molecule has 0 saturated heterocycles. The Balaban J connectivity index is 1.90. The minimum absolute atomic E-state index is 0.386. The van der Waals surface area contributed by atoms with Gasteiger partial charge in [0.1, 0.15) is 5.75 Å². The number of benzene rings is 1. The maximum absolute atomic E-state index is 6.01.